The first-order valence-corrected chi connectivity index (χ1v) is 11.9. The average molecular weight is 591 g/mol. The number of hydrogen-bond acceptors (Lipinski definition) is 5. The minimum absolute atomic E-state index is 0. The van der Waals surface area contributed by atoms with Crippen molar-refractivity contribution in [1.29, 1.82) is 0 Å². The van der Waals surface area contributed by atoms with Crippen molar-refractivity contribution in [1.82, 2.24) is 15.7 Å². The smallest absolute Gasteiger partial charge is 0.255 e. The minimum atomic E-state index is -0.658. The largest absolute Gasteiger partial charge is 0.699 e. The van der Waals surface area contributed by atoms with Crippen molar-refractivity contribution < 1.29 is 52.3 Å². The number of nitrogens with one attached hydrogen (secondary N) is 3. The van der Waals surface area contributed by atoms with Crippen LogP contribution in [0.2, 0.25) is 0 Å². The van der Waals surface area contributed by atoms with Crippen molar-refractivity contribution in [2.24, 2.45) is 11.3 Å². The molecule has 36 heavy (non-hydrogen) atoms. The topological polar surface area (TPSA) is 123 Å². The number of carbonyl (C=O) groups is 3. The van der Waals surface area contributed by atoms with Crippen molar-refractivity contribution in [3.63, 3.8) is 0 Å². The van der Waals surface area contributed by atoms with E-state index >= 15 is 0 Å². The summed E-state index contributed by atoms with van der Waals surface area (Å²) in [7, 11) is 1.51. The van der Waals surface area contributed by atoms with E-state index in [0.29, 0.717) is 35.2 Å². The average Bonchev–Trinajstić information content (AvgIpc) is 3.05. The molecule has 1 aliphatic carbocycles. The van der Waals surface area contributed by atoms with Gasteiger partial charge in [-0.1, -0.05) is 68.8 Å². The van der Waals surface area contributed by atoms with E-state index in [1.165, 1.54) is 11.9 Å². The van der Waals surface area contributed by atoms with Crippen LogP contribution in [0, 0.1) is 11.3 Å². The van der Waals surface area contributed by atoms with Crippen LogP contribution in [0.1, 0.15) is 55.1 Å². The Balaban J connectivity index is 0.000000397. The van der Waals surface area contributed by atoms with Crippen LogP contribution in [-0.2, 0) is 55.4 Å². The Morgan fingerprint density at radius 2 is 2.06 bits per heavy atom. The Bertz CT molecular complexity index is 1040. The van der Waals surface area contributed by atoms with Crippen LogP contribution in [-0.4, -0.2) is 41.3 Å². The molecule has 1 aliphatic heterocycles. The van der Waals surface area contributed by atoms with Crippen LogP contribution in [0.3, 0.4) is 0 Å². The summed E-state index contributed by atoms with van der Waals surface area (Å²) in [5.74, 6) is -0.0219. The van der Waals surface area contributed by atoms with Crippen molar-refractivity contribution in [3.8, 4) is 0 Å². The number of benzene rings is 1. The zero-order valence-corrected chi connectivity index (χ0v) is 24.8. The first-order chi connectivity index (χ1) is 16.6. The monoisotopic (exact) mass is 590 g/mol. The summed E-state index contributed by atoms with van der Waals surface area (Å²) in [6, 6.07) is 4.69. The van der Waals surface area contributed by atoms with Gasteiger partial charge in [-0.15, -0.1) is 5.70 Å². The molecule has 2 aliphatic rings. The van der Waals surface area contributed by atoms with Gasteiger partial charge in [0.15, 0.2) is 0 Å². The van der Waals surface area contributed by atoms with Gasteiger partial charge >= 0.3 is 0 Å². The summed E-state index contributed by atoms with van der Waals surface area (Å²) < 4.78 is 0. The molecule has 0 spiro atoms. The molecule has 0 saturated heterocycles. The predicted octanol–water partition coefficient (Wildman–Crippen LogP) is 4.49. The van der Waals surface area contributed by atoms with Gasteiger partial charge in [0.25, 0.3) is 5.91 Å². The van der Waals surface area contributed by atoms with Gasteiger partial charge in [0.1, 0.15) is 12.3 Å². The molecule has 1 aromatic carbocycles. The molecule has 2 atom stereocenters. The SMILES string of the molecule is CC(C)C1(C)C=CC([NH-])=CC(Cl)=C1.CNC(=O)C(CCC=O)N1Cc2ccc(CNO)cc2C1=O.[Y]. The summed E-state index contributed by atoms with van der Waals surface area (Å²) in [4.78, 5) is 36.6. The molecule has 0 fully saturated rings. The van der Waals surface area contributed by atoms with E-state index in [0.717, 1.165) is 17.4 Å². The summed E-state index contributed by atoms with van der Waals surface area (Å²) in [5, 5.41) is 11.9. The molecule has 0 bridgehead atoms. The first-order valence-electron chi connectivity index (χ1n) is 11.5. The molecular weight excluding hydrogens is 557 g/mol. The number of halogens is 1. The maximum absolute atomic E-state index is 12.6. The molecule has 3 rings (SSSR count). The molecule has 193 valence electrons. The normalized spacial score (nSPS) is 19.2. The summed E-state index contributed by atoms with van der Waals surface area (Å²) in [5.41, 5.74) is 12.1. The molecule has 0 aromatic heterocycles. The van der Waals surface area contributed by atoms with Crippen molar-refractivity contribution in [2.75, 3.05) is 7.05 Å². The van der Waals surface area contributed by atoms with Crippen molar-refractivity contribution in [3.05, 3.63) is 75.7 Å². The van der Waals surface area contributed by atoms with Gasteiger partial charge in [0, 0.05) is 75.3 Å². The maximum atomic E-state index is 12.6. The van der Waals surface area contributed by atoms with Crippen LogP contribution in [0.15, 0.2) is 53.2 Å². The van der Waals surface area contributed by atoms with Crippen LogP contribution in [0.5, 0.6) is 0 Å². The third-order valence-electron chi connectivity index (χ3n) is 6.38. The number of hydroxylamine groups is 1. The van der Waals surface area contributed by atoms with E-state index in [2.05, 4.69) is 31.6 Å². The van der Waals surface area contributed by atoms with Gasteiger partial charge in [0.05, 0.1) is 0 Å². The molecule has 0 saturated carbocycles. The Morgan fingerprint density at radius 3 is 2.64 bits per heavy atom. The van der Waals surface area contributed by atoms with Gasteiger partial charge in [-0.3, -0.25) is 9.59 Å². The second kappa shape index (κ2) is 14.8. The number of aldehydes is 1. The van der Waals surface area contributed by atoms with Gasteiger partial charge in [0.2, 0.25) is 5.91 Å². The fourth-order valence-electron chi connectivity index (χ4n) is 3.86. The third kappa shape index (κ3) is 8.35. The van der Waals surface area contributed by atoms with Crippen molar-refractivity contribution in [2.45, 2.75) is 52.7 Å². The summed E-state index contributed by atoms with van der Waals surface area (Å²) in [6.07, 6.45) is 8.81. The van der Waals surface area contributed by atoms with Gasteiger partial charge in [-0.25, -0.2) is 5.48 Å². The zero-order chi connectivity index (χ0) is 26.2. The fraction of sp³-hybridized carbons (Fsp3) is 0.423. The fourth-order valence-corrected chi connectivity index (χ4v) is 4.21. The molecule has 10 heteroatoms. The second-order valence-corrected chi connectivity index (χ2v) is 9.55. The number of rotatable bonds is 8. The quantitative estimate of drug-likeness (QED) is 0.304. The van der Waals surface area contributed by atoms with Gasteiger partial charge in [-0.2, -0.15) is 0 Å². The van der Waals surface area contributed by atoms with E-state index in [-0.39, 0.29) is 62.9 Å². The number of amides is 2. The Labute approximate surface area is 243 Å². The molecule has 2 unspecified atom stereocenters. The van der Waals surface area contributed by atoms with Crippen LogP contribution in [0.4, 0.5) is 0 Å². The Kier molecular flexibility index (Phi) is 13.2. The summed E-state index contributed by atoms with van der Waals surface area (Å²) >= 11 is 5.97. The van der Waals surface area contributed by atoms with E-state index in [9.17, 15) is 14.4 Å². The minimum Gasteiger partial charge on any atom is -0.699 e. The number of fused-ring (bicyclic) bond motifs is 1. The maximum Gasteiger partial charge on any atom is 0.255 e. The van der Waals surface area contributed by atoms with Gasteiger partial charge < -0.3 is 26.0 Å². The number of allylic oxidation sites excluding steroid dienone is 5. The first kappa shape index (κ1) is 32.2. The molecule has 2 amide bonds. The van der Waals surface area contributed by atoms with E-state index in [4.69, 9.17) is 22.5 Å². The molecule has 8 nitrogen and oxygen atoms in total. The molecular formula is C26H34ClN4O4Y-. The van der Waals surface area contributed by atoms with Crippen LogP contribution < -0.4 is 10.8 Å². The van der Waals surface area contributed by atoms with Crippen LogP contribution in [0.25, 0.3) is 5.73 Å². The molecule has 1 heterocycles. The van der Waals surface area contributed by atoms with E-state index in [1.54, 1.807) is 12.1 Å². The molecule has 4 N–H and O–H groups in total. The van der Waals surface area contributed by atoms with Gasteiger partial charge in [-0.05, 0) is 29.5 Å². The molecule has 1 aromatic rings. The number of carbonyl (C=O) groups excluding carboxylic acids is 3. The second-order valence-electron chi connectivity index (χ2n) is 9.12. The third-order valence-corrected chi connectivity index (χ3v) is 6.60. The Hall–Kier alpha value is -1.84. The molecule has 1 radical (unpaired) electrons. The van der Waals surface area contributed by atoms with Crippen LogP contribution >= 0.6 is 11.6 Å². The van der Waals surface area contributed by atoms with E-state index < -0.39 is 6.04 Å². The summed E-state index contributed by atoms with van der Waals surface area (Å²) in [6.45, 7) is 7.02. The zero-order valence-electron chi connectivity index (χ0n) is 21.2. The van der Waals surface area contributed by atoms with Crippen molar-refractivity contribution >= 4 is 29.7 Å². The number of hydrogen-bond donors (Lipinski definition) is 3. The number of likely N-dealkylation sites (N-methyl/N-ethyl adjacent to an activating group) is 1. The predicted molar refractivity (Wildman–Crippen MR) is 137 cm³/mol. The Morgan fingerprint density at radius 1 is 1.36 bits per heavy atom. The standard InChI is InChI=1S/C15H19N3O4.C11H15ClN.Y/c1-16-14(20)13(3-2-6-19)18-9-11-5-4-10(8-17-22)7-12(11)15(18)21;1-8(2)11(3)5-4-10(13)6-9(12)7-11;/h4-7,13,17,22H,2-3,8-9H2,1H3,(H,16,20);4-8,13H,1-3H3;/q;-1;. The number of nitrogens with zero attached hydrogens (tertiary/aromatic N) is 1. The van der Waals surface area contributed by atoms with E-state index in [1.807, 2.05) is 30.4 Å².